The number of pyridine rings is 1. The van der Waals surface area contributed by atoms with Gasteiger partial charge in [0.1, 0.15) is 5.52 Å². The van der Waals surface area contributed by atoms with Crippen LogP contribution in [0.4, 0.5) is 17.2 Å². The van der Waals surface area contributed by atoms with Crippen molar-refractivity contribution in [3.8, 4) is 5.82 Å². The van der Waals surface area contributed by atoms with Gasteiger partial charge in [-0.05, 0) is 66.3 Å². The van der Waals surface area contributed by atoms with Crippen molar-refractivity contribution < 1.29 is 22.9 Å². The summed E-state index contributed by atoms with van der Waals surface area (Å²) in [5.74, 6) is -0.393. The summed E-state index contributed by atoms with van der Waals surface area (Å²) in [4.78, 5) is 25.4. The molecular weight excluding hydrogens is 516 g/mol. The normalized spacial score (nSPS) is 11.8. The molecule has 10 nitrogen and oxygen atoms in total. The molecule has 0 radical (unpaired) electrons. The zero-order chi connectivity index (χ0) is 27.4. The molecule has 5 rings (SSSR count). The monoisotopic (exact) mass is 538 g/mol. The largest absolute Gasteiger partial charge is 0.862 e. The van der Waals surface area contributed by atoms with Gasteiger partial charge in [0.25, 0.3) is 15.9 Å². The first kappa shape index (κ1) is 25.5. The van der Waals surface area contributed by atoms with E-state index in [1.165, 1.54) is 31.2 Å². The van der Waals surface area contributed by atoms with Crippen molar-refractivity contribution >= 4 is 50.1 Å². The van der Waals surface area contributed by atoms with Gasteiger partial charge in [0.2, 0.25) is 11.3 Å². The highest BCUT2D eigenvalue weighted by molar-refractivity contribution is 7.92. The summed E-state index contributed by atoms with van der Waals surface area (Å²) in [5.41, 5.74) is 2.49. The molecule has 2 heterocycles. The van der Waals surface area contributed by atoms with E-state index < -0.39 is 10.0 Å². The molecule has 0 saturated heterocycles. The van der Waals surface area contributed by atoms with Gasteiger partial charge in [0.05, 0.1) is 23.0 Å². The first-order chi connectivity index (χ1) is 18.8. The predicted octanol–water partition coefficient (Wildman–Crippen LogP) is 3.37. The molecule has 5 aromatic rings. The van der Waals surface area contributed by atoms with Crippen molar-refractivity contribution in [3.05, 3.63) is 109 Å². The topological polar surface area (TPSA) is 140 Å². The first-order valence-corrected chi connectivity index (χ1v) is 13.3. The Hall–Kier alpha value is -5.16. The fourth-order valence-corrected chi connectivity index (χ4v) is 4.75. The molecule has 1 amide bonds. The van der Waals surface area contributed by atoms with Crippen molar-refractivity contribution in [1.82, 2.24) is 9.97 Å². The van der Waals surface area contributed by atoms with E-state index in [2.05, 4.69) is 25.0 Å². The average Bonchev–Trinajstić information content (AvgIpc) is 2.93. The summed E-state index contributed by atoms with van der Waals surface area (Å²) >= 11 is 0. The first-order valence-electron chi connectivity index (χ1n) is 11.8. The van der Waals surface area contributed by atoms with Gasteiger partial charge in [0, 0.05) is 23.4 Å². The molecule has 0 aliphatic rings. The van der Waals surface area contributed by atoms with Crippen molar-refractivity contribution in [1.29, 1.82) is 0 Å². The van der Waals surface area contributed by atoms with Crippen LogP contribution in [0.25, 0.3) is 16.9 Å². The highest BCUT2D eigenvalue weighted by Crippen LogP contribution is 2.23. The molecule has 3 aromatic carbocycles. The lowest BCUT2D eigenvalue weighted by atomic mass is 10.2. The fraction of sp³-hybridized carbons (Fsp3) is 0.0357. The van der Waals surface area contributed by atoms with Crippen LogP contribution in [0.15, 0.2) is 113 Å². The quantitative estimate of drug-likeness (QED) is 0.185. The van der Waals surface area contributed by atoms with E-state index >= 15 is 0 Å². The third kappa shape index (κ3) is 5.89. The second kappa shape index (κ2) is 10.7. The molecule has 0 spiro atoms. The van der Waals surface area contributed by atoms with Gasteiger partial charge < -0.3 is 10.4 Å². The Kier molecular flexibility index (Phi) is 6.98. The van der Waals surface area contributed by atoms with Crippen LogP contribution in [0, 0.1) is 0 Å². The number of benzene rings is 3. The molecule has 2 aromatic heterocycles. The van der Waals surface area contributed by atoms with Gasteiger partial charge in [0.15, 0.2) is 0 Å². The summed E-state index contributed by atoms with van der Waals surface area (Å²) in [5, 5.41) is 14.0. The van der Waals surface area contributed by atoms with Gasteiger partial charge in [-0.3, -0.25) is 14.5 Å². The number of carbonyl (C=O) groups is 1. The molecule has 0 aliphatic heterocycles. The summed E-state index contributed by atoms with van der Waals surface area (Å²) in [6.07, 6.45) is 3.30. The summed E-state index contributed by atoms with van der Waals surface area (Å²) in [6, 6.07) is 24.9. The number of carbonyl (C=O) groups excluding carboxylic acids is 1. The third-order valence-corrected chi connectivity index (χ3v) is 6.94. The molecule has 11 heteroatoms. The van der Waals surface area contributed by atoms with Crippen LogP contribution in [0.1, 0.15) is 17.3 Å². The smallest absolute Gasteiger partial charge is 0.372 e. The minimum absolute atomic E-state index is 0.0114. The van der Waals surface area contributed by atoms with Crippen LogP contribution in [0.2, 0.25) is 0 Å². The Morgan fingerprint density at radius 2 is 1.46 bits per heavy atom. The van der Waals surface area contributed by atoms with Crippen molar-refractivity contribution in [2.75, 3.05) is 10.0 Å². The lowest BCUT2D eigenvalue weighted by Gasteiger charge is -2.10. The number of nitrogens with zero attached hydrogens (tertiary/aromatic N) is 4. The minimum Gasteiger partial charge on any atom is -0.862 e. The number of fused-ring (bicyclic) bond motifs is 1. The SMILES string of the molecule is CC([O-])=Nc1ccc(S(=O)(=O)Nc2nc3ccccc3nc2-[n+]2ccc(NC(=O)c3ccccc3)cc2)cc1. The molecule has 0 atom stereocenters. The van der Waals surface area contributed by atoms with E-state index in [0.717, 1.165) is 0 Å². The Bertz CT molecular complexity index is 1790. The maximum atomic E-state index is 13.2. The highest BCUT2D eigenvalue weighted by Gasteiger charge is 2.25. The fourth-order valence-electron chi connectivity index (χ4n) is 3.75. The molecule has 194 valence electrons. The number of hydrogen-bond donors (Lipinski definition) is 2. The standard InChI is InChI=1S/C28H22N6O4S/c1-19(35)29-21-11-13-23(14-12-21)39(37,38)33-26-27(32-25-10-6-5-9-24(25)31-26)34-17-15-22(16-18-34)30-28(36)20-7-3-2-4-8-20/h2-18H,1H3,(H2,29,31,33,35). The van der Waals surface area contributed by atoms with Crippen LogP contribution in [0.3, 0.4) is 0 Å². The third-order valence-electron chi connectivity index (χ3n) is 5.58. The number of rotatable bonds is 7. The zero-order valence-electron chi connectivity index (χ0n) is 20.6. The van der Waals surface area contributed by atoms with Crippen molar-refractivity contribution in [2.24, 2.45) is 4.99 Å². The van der Waals surface area contributed by atoms with Crippen LogP contribution >= 0.6 is 0 Å². The summed E-state index contributed by atoms with van der Waals surface area (Å²) in [6.45, 7) is 1.31. The van der Waals surface area contributed by atoms with Crippen LogP contribution in [-0.2, 0) is 10.0 Å². The number of nitrogens with one attached hydrogen (secondary N) is 2. The summed E-state index contributed by atoms with van der Waals surface area (Å²) < 4.78 is 30.6. The maximum Gasteiger partial charge on any atom is 0.372 e. The van der Waals surface area contributed by atoms with Gasteiger partial charge >= 0.3 is 5.82 Å². The number of amides is 1. The van der Waals surface area contributed by atoms with E-state index in [9.17, 15) is 18.3 Å². The maximum absolute atomic E-state index is 13.2. The lowest BCUT2D eigenvalue weighted by Crippen LogP contribution is -2.33. The van der Waals surface area contributed by atoms with Crippen molar-refractivity contribution in [2.45, 2.75) is 11.8 Å². The number of hydrogen-bond acceptors (Lipinski definition) is 7. The van der Waals surface area contributed by atoms with Gasteiger partial charge in [-0.15, -0.1) is 0 Å². The molecule has 0 unspecified atom stereocenters. The molecule has 0 fully saturated rings. The molecule has 2 N–H and O–H groups in total. The second-order valence-corrected chi connectivity index (χ2v) is 10.1. The van der Waals surface area contributed by atoms with Crippen LogP contribution < -0.4 is 19.7 Å². The van der Waals surface area contributed by atoms with E-state index in [-0.39, 0.29) is 28.3 Å². The van der Waals surface area contributed by atoms with Crippen molar-refractivity contribution in [3.63, 3.8) is 0 Å². The molecule has 0 bridgehead atoms. The average molecular weight is 539 g/mol. The number of aromatic nitrogens is 3. The van der Waals surface area contributed by atoms with E-state index in [0.29, 0.717) is 28.0 Å². The number of para-hydroxylation sites is 2. The van der Waals surface area contributed by atoms with Gasteiger partial charge in [-0.1, -0.05) is 30.3 Å². The molecule has 0 saturated carbocycles. The minimum atomic E-state index is -4.06. The lowest BCUT2D eigenvalue weighted by molar-refractivity contribution is -0.598. The van der Waals surface area contributed by atoms with E-state index in [4.69, 9.17) is 0 Å². The Morgan fingerprint density at radius 1 is 0.846 bits per heavy atom. The Morgan fingerprint density at radius 3 is 2.10 bits per heavy atom. The zero-order valence-corrected chi connectivity index (χ0v) is 21.5. The number of sulfonamides is 1. The predicted molar refractivity (Wildman–Crippen MR) is 145 cm³/mol. The van der Waals surface area contributed by atoms with Gasteiger partial charge in [-0.25, -0.2) is 13.4 Å². The van der Waals surface area contributed by atoms with E-state index in [1.54, 1.807) is 71.6 Å². The summed E-state index contributed by atoms with van der Waals surface area (Å²) in [7, 11) is -4.06. The van der Waals surface area contributed by atoms with E-state index in [1.807, 2.05) is 12.1 Å². The van der Waals surface area contributed by atoms with Crippen LogP contribution in [0.5, 0.6) is 0 Å². The second-order valence-electron chi connectivity index (χ2n) is 8.43. The highest BCUT2D eigenvalue weighted by atomic mass is 32.2. The molecule has 0 aliphatic carbocycles. The van der Waals surface area contributed by atoms with Crippen LogP contribution in [-0.4, -0.2) is 30.2 Å². The Labute approximate surface area is 224 Å². The number of aliphatic imine (C=N–C) groups is 1. The molecule has 39 heavy (non-hydrogen) atoms. The Balaban J connectivity index is 1.47. The molecular formula is C28H22N6O4S. The number of anilines is 2. The van der Waals surface area contributed by atoms with Gasteiger partial charge in [-0.2, -0.15) is 4.57 Å².